The number of hydrogen-bond donors (Lipinski definition) is 2. The van der Waals surface area contributed by atoms with Crippen LogP contribution in [0.2, 0.25) is 0 Å². The molecule has 0 aliphatic carbocycles. The van der Waals surface area contributed by atoms with Gasteiger partial charge in [-0.1, -0.05) is 23.8 Å². The molecule has 0 aliphatic heterocycles. The number of rotatable bonds is 4. The summed E-state index contributed by atoms with van der Waals surface area (Å²) in [6.07, 6.45) is -4.43. The monoisotopic (exact) mass is 372 g/mol. The third kappa shape index (κ3) is 4.81. The van der Waals surface area contributed by atoms with Gasteiger partial charge in [-0.05, 0) is 49.4 Å². The predicted molar refractivity (Wildman–Crippen MR) is 95.9 cm³/mol. The van der Waals surface area contributed by atoms with Gasteiger partial charge < -0.3 is 10.6 Å². The van der Waals surface area contributed by atoms with E-state index in [0.717, 1.165) is 17.7 Å². The molecule has 138 valence electrons. The molecular formula is C19H15F3N4O. The predicted octanol–water partition coefficient (Wildman–Crippen LogP) is 4.80. The quantitative estimate of drug-likeness (QED) is 0.690. The standard InChI is InChI=1S/C19H15F3N4O/c1-12-5-7-14(8-6-12)24-18(27)16-9-10-17(26-25-16)23-15-4-2-3-13(11-15)19(20,21)22/h2-11H,1H3,(H,23,26)(H,24,27). The van der Waals surface area contributed by atoms with Crippen molar-refractivity contribution in [3.05, 3.63) is 77.5 Å². The molecule has 0 unspecified atom stereocenters. The Morgan fingerprint density at radius 1 is 0.926 bits per heavy atom. The maximum atomic E-state index is 12.7. The molecule has 0 radical (unpaired) electrons. The Labute approximate surface area is 153 Å². The second-order valence-electron chi connectivity index (χ2n) is 5.83. The molecule has 0 aliphatic rings. The van der Waals surface area contributed by atoms with Crippen LogP contribution in [0.25, 0.3) is 0 Å². The fourth-order valence-electron chi connectivity index (χ4n) is 2.27. The van der Waals surface area contributed by atoms with Gasteiger partial charge in [0.1, 0.15) is 0 Å². The van der Waals surface area contributed by atoms with Gasteiger partial charge in [-0.25, -0.2) is 0 Å². The number of aromatic nitrogens is 2. The lowest BCUT2D eigenvalue weighted by Gasteiger charge is -2.10. The number of anilines is 3. The van der Waals surface area contributed by atoms with E-state index in [9.17, 15) is 18.0 Å². The number of aryl methyl sites for hydroxylation is 1. The number of nitrogens with zero attached hydrogens (tertiary/aromatic N) is 2. The summed E-state index contributed by atoms with van der Waals surface area (Å²) in [7, 11) is 0. The van der Waals surface area contributed by atoms with Crippen molar-refractivity contribution in [3.63, 3.8) is 0 Å². The van der Waals surface area contributed by atoms with Crippen molar-refractivity contribution in [1.29, 1.82) is 0 Å². The summed E-state index contributed by atoms with van der Waals surface area (Å²) in [5.74, 6) is -0.210. The first kappa shape index (κ1) is 18.4. The number of nitrogens with one attached hydrogen (secondary N) is 2. The van der Waals surface area contributed by atoms with Crippen LogP contribution in [0.3, 0.4) is 0 Å². The lowest BCUT2D eigenvalue weighted by molar-refractivity contribution is -0.137. The van der Waals surface area contributed by atoms with Crippen molar-refractivity contribution in [2.45, 2.75) is 13.1 Å². The van der Waals surface area contributed by atoms with Crippen LogP contribution in [-0.4, -0.2) is 16.1 Å². The van der Waals surface area contributed by atoms with E-state index in [1.807, 2.05) is 19.1 Å². The molecule has 0 spiro atoms. The molecule has 0 atom stereocenters. The molecule has 0 saturated heterocycles. The van der Waals surface area contributed by atoms with Crippen LogP contribution in [0, 0.1) is 6.92 Å². The SMILES string of the molecule is Cc1ccc(NC(=O)c2ccc(Nc3cccc(C(F)(F)F)c3)nn2)cc1. The lowest BCUT2D eigenvalue weighted by atomic mass is 10.2. The Morgan fingerprint density at radius 3 is 2.30 bits per heavy atom. The van der Waals surface area contributed by atoms with E-state index in [0.29, 0.717) is 5.69 Å². The molecule has 2 N–H and O–H groups in total. The third-order valence-electron chi connectivity index (χ3n) is 3.67. The van der Waals surface area contributed by atoms with Crippen molar-refractivity contribution in [2.75, 3.05) is 10.6 Å². The highest BCUT2D eigenvalue weighted by molar-refractivity contribution is 6.02. The molecule has 27 heavy (non-hydrogen) atoms. The van der Waals surface area contributed by atoms with Gasteiger partial charge in [-0.15, -0.1) is 10.2 Å². The van der Waals surface area contributed by atoms with E-state index in [1.54, 1.807) is 12.1 Å². The van der Waals surface area contributed by atoms with Gasteiger partial charge in [0.2, 0.25) is 0 Å². The van der Waals surface area contributed by atoms with E-state index in [4.69, 9.17) is 0 Å². The molecular weight excluding hydrogens is 357 g/mol. The Morgan fingerprint density at radius 2 is 1.67 bits per heavy atom. The first-order valence-electron chi connectivity index (χ1n) is 7.97. The van der Waals surface area contributed by atoms with Crippen molar-refractivity contribution in [3.8, 4) is 0 Å². The second-order valence-corrected chi connectivity index (χ2v) is 5.83. The van der Waals surface area contributed by atoms with Crippen molar-refractivity contribution < 1.29 is 18.0 Å². The highest BCUT2D eigenvalue weighted by Crippen LogP contribution is 2.31. The summed E-state index contributed by atoms with van der Waals surface area (Å²) >= 11 is 0. The topological polar surface area (TPSA) is 66.9 Å². The molecule has 0 saturated carbocycles. The first-order valence-corrected chi connectivity index (χ1v) is 7.97. The normalized spacial score (nSPS) is 11.1. The zero-order chi connectivity index (χ0) is 19.4. The minimum atomic E-state index is -4.43. The highest BCUT2D eigenvalue weighted by atomic mass is 19.4. The summed E-state index contributed by atoms with van der Waals surface area (Å²) in [4.78, 5) is 12.2. The summed E-state index contributed by atoms with van der Waals surface area (Å²) < 4.78 is 38.2. The molecule has 1 amide bonds. The number of halogens is 3. The van der Waals surface area contributed by atoms with Crippen LogP contribution in [0.4, 0.5) is 30.4 Å². The number of alkyl halides is 3. The fourth-order valence-corrected chi connectivity index (χ4v) is 2.27. The summed E-state index contributed by atoms with van der Waals surface area (Å²) in [6, 6.07) is 14.9. The van der Waals surface area contributed by atoms with Crippen LogP contribution in [0.15, 0.2) is 60.7 Å². The molecule has 5 nitrogen and oxygen atoms in total. The fraction of sp³-hybridized carbons (Fsp3) is 0.105. The summed E-state index contributed by atoms with van der Waals surface area (Å²) in [6.45, 7) is 1.94. The maximum absolute atomic E-state index is 12.7. The van der Waals surface area contributed by atoms with Gasteiger partial charge in [0.05, 0.1) is 5.56 Å². The second kappa shape index (κ2) is 7.45. The van der Waals surface area contributed by atoms with E-state index in [-0.39, 0.29) is 17.2 Å². The molecule has 3 aromatic rings. The van der Waals surface area contributed by atoms with Gasteiger partial charge in [0.25, 0.3) is 5.91 Å². The average molecular weight is 372 g/mol. The van der Waals surface area contributed by atoms with Gasteiger partial charge in [0, 0.05) is 11.4 Å². The Balaban J connectivity index is 1.68. The van der Waals surface area contributed by atoms with Crippen LogP contribution in [0.1, 0.15) is 21.6 Å². The molecule has 0 fully saturated rings. The number of hydrogen-bond acceptors (Lipinski definition) is 4. The third-order valence-corrected chi connectivity index (χ3v) is 3.67. The molecule has 3 rings (SSSR count). The van der Waals surface area contributed by atoms with Crippen LogP contribution >= 0.6 is 0 Å². The molecule has 1 heterocycles. The summed E-state index contributed by atoms with van der Waals surface area (Å²) in [5.41, 5.74) is 1.23. The average Bonchev–Trinajstić information content (AvgIpc) is 2.64. The smallest absolute Gasteiger partial charge is 0.339 e. The van der Waals surface area contributed by atoms with Crippen molar-refractivity contribution in [2.24, 2.45) is 0 Å². The number of benzene rings is 2. The lowest BCUT2D eigenvalue weighted by Crippen LogP contribution is -2.14. The first-order chi connectivity index (χ1) is 12.8. The van der Waals surface area contributed by atoms with Crippen molar-refractivity contribution in [1.82, 2.24) is 10.2 Å². The minimum absolute atomic E-state index is 0.0881. The zero-order valence-electron chi connectivity index (χ0n) is 14.2. The molecule has 2 aromatic carbocycles. The Bertz CT molecular complexity index is 938. The minimum Gasteiger partial charge on any atom is -0.339 e. The molecule has 1 aromatic heterocycles. The Hall–Kier alpha value is -3.42. The number of amides is 1. The highest BCUT2D eigenvalue weighted by Gasteiger charge is 2.30. The van der Waals surface area contributed by atoms with Crippen LogP contribution in [0.5, 0.6) is 0 Å². The van der Waals surface area contributed by atoms with E-state index >= 15 is 0 Å². The maximum Gasteiger partial charge on any atom is 0.416 e. The number of carbonyl (C=O) groups is 1. The van der Waals surface area contributed by atoms with Gasteiger partial charge in [-0.3, -0.25) is 4.79 Å². The zero-order valence-corrected chi connectivity index (χ0v) is 14.2. The number of carbonyl (C=O) groups excluding carboxylic acids is 1. The van der Waals surface area contributed by atoms with Crippen molar-refractivity contribution >= 4 is 23.1 Å². The van der Waals surface area contributed by atoms with Crippen LogP contribution < -0.4 is 10.6 Å². The molecule has 8 heteroatoms. The summed E-state index contributed by atoms with van der Waals surface area (Å²) in [5, 5.41) is 13.1. The van der Waals surface area contributed by atoms with E-state index in [2.05, 4.69) is 20.8 Å². The van der Waals surface area contributed by atoms with E-state index in [1.165, 1.54) is 24.3 Å². The van der Waals surface area contributed by atoms with E-state index < -0.39 is 17.6 Å². The van der Waals surface area contributed by atoms with Crippen LogP contribution in [-0.2, 0) is 6.18 Å². The van der Waals surface area contributed by atoms with Gasteiger partial charge in [-0.2, -0.15) is 13.2 Å². The van der Waals surface area contributed by atoms with Gasteiger partial charge >= 0.3 is 6.18 Å². The largest absolute Gasteiger partial charge is 0.416 e. The molecule has 0 bridgehead atoms. The Kier molecular flexibility index (Phi) is 5.07. The van der Waals surface area contributed by atoms with Gasteiger partial charge in [0.15, 0.2) is 11.5 Å².